The van der Waals surface area contributed by atoms with Gasteiger partial charge in [0.15, 0.2) is 11.0 Å². The van der Waals surface area contributed by atoms with E-state index in [-0.39, 0.29) is 5.91 Å². The number of thioether (sulfide) groups is 1. The van der Waals surface area contributed by atoms with Crippen LogP contribution in [0.15, 0.2) is 50.4 Å². The predicted octanol–water partition coefficient (Wildman–Crippen LogP) is 3.06. The summed E-state index contributed by atoms with van der Waals surface area (Å²) in [5.74, 6) is 0.159. The second-order valence-electron chi connectivity index (χ2n) is 4.73. The molecule has 1 amide bonds. The van der Waals surface area contributed by atoms with Gasteiger partial charge < -0.3 is 0 Å². The fraction of sp³-hybridized carbons (Fsp3) is 0.133. The lowest BCUT2D eigenvalue weighted by Gasteiger charge is -1.97. The van der Waals surface area contributed by atoms with Crippen LogP contribution in [0.4, 0.5) is 0 Å². The van der Waals surface area contributed by atoms with Crippen molar-refractivity contribution >= 4 is 62.2 Å². The Morgan fingerprint density at radius 3 is 3.00 bits per heavy atom. The molecule has 8 heteroatoms. The van der Waals surface area contributed by atoms with Crippen LogP contribution in [0.2, 0.25) is 0 Å². The van der Waals surface area contributed by atoms with E-state index in [1.54, 1.807) is 17.6 Å². The summed E-state index contributed by atoms with van der Waals surface area (Å²) in [6.45, 7) is 0. The molecule has 2 N–H and O–H groups in total. The summed E-state index contributed by atoms with van der Waals surface area (Å²) >= 11 is 6.39. The predicted molar refractivity (Wildman–Crippen MR) is 98.0 cm³/mol. The highest BCUT2D eigenvalue weighted by Gasteiger charge is 2.16. The highest BCUT2D eigenvalue weighted by Crippen LogP contribution is 2.20. The second kappa shape index (κ2) is 7.29. The molecule has 0 saturated carbocycles. The van der Waals surface area contributed by atoms with Crippen molar-refractivity contribution in [2.45, 2.75) is 5.16 Å². The Morgan fingerprint density at radius 2 is 2.26 bits per heavy atom. The van der Waals surface area contributed by atoms with E-state index in [0.717, 1.165) is 24.9 Å². The van der Waals surface area contributed by atoms with Crippen LogP contribution in [-0.4, -0.2) is 22.9 Å². The van der Waals surface area contributed by atoms with Gasteiger partial charge in [-0.2, -0.15) is 5.10 Å². The van der Waals surface area contributed by atoms with E-state index in [2.05, 4.69) is 31.4 Å². The molecule has 0 atom stereocenters. The zero-order valence-electron chi connectivity index (χ0n) is 12.2. The van der Waals surface area contributed by atoms with Crippen molar-refractivity contribution in [2.24, 2.45) is 12.1 Å². The smallest absolute Gasteiger partial charge is 0.272 e. The minimum absolute atomic E-state index is 0.138. The van der Waals surface area contributed by atoms with E-state index in [4.69, 9.17) is 0 Å². The monoisotopic (exact) mass is 409 g/mol. The van der Waals surface area contributed by atoms with Crippen LogP contribution in [0.5, 0.6) is 0 Å². The number of hydrogen-bond donors (Lipinski definition) is 2. The molecule has 0 saturated heterocycles. The first-order chi connectivity index (χ1) is 11.1. The first-order valence-corrected chi connectivity index (χ1v) is 9.40. The number of amides is 1. The van der Waals surface area contributed by atoms with Gasteiger partial charge in [0.2, 0.25) is 0 Å². The summed E-state index contributed by atoms with van der Waals surface area (Å²) < 4.78 is 3.08. The van der Waals surface area contributed by atoms with Crippen molar-refractivity contribution in [3.05, 3.63) is 45.1 Å². The van der Waals surface area contributed by atoms with Gasteiger partial charge in [-0.15, -0.1) is 11.3 Å². The van der Waals surface area contributed by atoms with Crippen molar-refractivity contribution < 1.29 is 9.36 Å². The number of hydrogen-bond acceptors (Lipinski definition) is 4. The summed E-state index contributed by atoms with van der Waals surface area (Å²) in [4.78, 5) is 16.2. The minimum Gasteiger partial charge on any atom is -0.272 e. The Balaban J connectivity index is 1.56. The van der Waals surface area contributed by atoms with Crippen LogP contribution < -0.4 is 9.99 Å². The third-order valence-electron chi connectivity index (χ3n) is 3.13. The summed E-state index contributed by atoms with van der Waals surface area (Å²) in [6, 6.07) is 11.9. The largest absolute Gasteiger partial charge is 0.317 e. The molecular formula is C15H14BrN4OS2+. The third kappa shape index (κ3) is 4.01. The number of rotatable bonds is 5. The molecule has 23 heavy (non-hydrogen) atoms. The zero-order valence-corrected chi connectivity index (χ0v) is 15.5. The number of nitrogens with one attached hydrogen (secondary N) is 2. The van der Waals surface area contributed by atoms with E-state index in [1.807, 2.05) is 48.0 Å². The Kier molecular flexibility index (Phi) is 5.14. The number of carbonyl (C=O) groups excluding carboxylic acids is 1. The molecule has 0 bridgehead atoms. The molecule has 1 aromatic carbocycles. The van der Waals surface area contributed by atoms with Gasteiger partial charge in [-0.25, -0.2) is 15.0 Å². The number of aromatic amines is 1. The van der Waals surface area contributed by atoms with Gasteiger partial charge in [0.25, 0.3) is 5.91 Å². The molecule has 5 nitrogen and oxygen atoms in total. The number of H-pyrrole nitrogens is 1. The van der Waals surface area contributed by atoms with E-state index >= 15 is 0 Å². The number of benzene rings is 1. The van der Waals surface area contributed by atoms with Crippen molar-refractivity contribution in [3.63, 3.8) is 0 Å². The SMILES string of the molecule is C[n+]1c(SCC(=O)NN=Cc2ccc(Br)s2)[nH]c2ccccc21. The first-order valence-electron chi connectivity index (χ1n) is 6.80. The summed E-state index contributed by atoms with van der Waals surface area (Å²) in [7, 11) is 1.98. The third-order valence-corrected chi connectivity index (χ3v) is 5.74. The maximum Gasteiger partial charge on any atom is 0.317 e. The Morgan fingerprint density at radius 1 is 1.43 bits per heavy atom. The number of fused-ring (bicyclic) bond motifs is 1. The van der Waals surface area contributed by atoms with Crippen molar-refractivity contribution in [2.75, 3.05) is 5.75 Å². The number of aromatic nitrogens is 2. The number of para-hydroxylation sites is 2. The summed E-state index contributed by atoms with van der Waals surface area (Å²) in [5.41, 5.74) is 4.70. The normalized spacial score (nSPS) is 11.4. The lowest BCUT2D eigenvalue weighted by atomic mass is 10.3. The van der Waals surface area contributed by atoms with E-state index in [1.165, 1.54) is 11.8 Å². The zero-order chi connectivity index (χ0) is 16.2. The van der Waals surface area contributed by atoms with Crippen LogP contribution in [0.3, 0.4) is 0 Å². The van der Waals surface area contributed by atoms with E-state index in [9.17, 15) is 4.79 Å². The molecule has 0 aliphatic rings. The molecule has 0 unspecified atom stereocenters. The first kappa shape index (κ1) is 16.2. The number of nitrogens with zero attached hydrogens (tertiary/aromatic N) is 2. The standard InChI is InChI=1S/C15H13BrN4OS2/c1-20-12-5-3-2-4-11(12)18-15(20)22-9-14(21)19-17-8-10-6-7-13(16)23-10/h2-8H,9H2,1H3,(H,19,21)/p+1. The Bertz CT molecular complexity index is 871. The average Bonchev–Trinajstić information content (AvgIpc) is 3.10. The maximum atomic E-state index is 11.9. The average molecular weight is 410 g/mol. The minimum atomic E-state index is -0.138. The van der Waals surface area contributed by atoms with Crippen LogP contribution in [0, 0.1) is 0 Å². The number of thiophene rings is 1. The summed E-state index contributed by atoms with van der Waals surface area (Å²) in [6.07, 6.45) is 1.64. The molecule has 0 fully saturated rings. The molecule has 118 valence electrons. The molecule has 3 aromatic rings. The fourth-order valence-corrected chi connectivity index (χ4v) is 4.15. The lowest BCUT2D eigenvalue weighted by Crippen LogP contribution is -2.30. The molecule has 3 rings (SSSR count). The molecule has 0 aliphatic heterocycles. The number of halogens is 1. The number of carbonyl (C=O) groups is 1. The topological polar surface area (TPSA) is 61.1 Å². The van der Waals surface area contributed by atoms with Crippen molar-refractivity contribution in [1.82, 2.24) is 10.4 Å². The van der Waals surface area contributed by atoms with Gasteiger partial charge in [0, 0.05) is 4.88 Å². The van der Waals surface area contributed by atoms with Crippen LogP contribution in [0.1, 0.15) is 4.88 Å². The molecule has 0 spiro atoms. The molecule has 0 radical (unpaired) electrons. The van der Waals surface area contributed by atoms with Crippen LogP contribution in [0.25, 0.3) is 11.0 Å². The Labute approximate surface area is 149 Å². The maximum absolute atomic E-state index is 11.9. The van der Waals surface area contributed by atoms with Gasteiger partial charge in [-0.05, 0) is 52.0 Å². The number of hydrazone groups is 1. The molecule has 0 aliphatic carbocycles. The fourth-order valence-electron chi connectivity index (χ4n) is 2.04. The number of aryl methyl sites for hydroxylation is 1. The second-order valence-corrected chi connectivity index (χ2v) is 8.19. The van der Waals surface area contributed by atoms with Crippen LogP contribution >= 0.6 is 39.0 Å². The highest BCUT2D eigenvalue weighted by atomic mass is 79.9. The van der Waals surface area contributed by atoms with Crippen LogP contribution in [-0.2, 0) is 11.8 Å². The molecular weight excluding hydrogens is 396 g/mol. The molecule has 2 heterocycles. The highest BCUT2D eigenvalue weighted by molar-refractivity contribution is 9.11. The Hall–Kier alpha value is -1.64. The lowest BCUT2D eigenvalue weighted by molar-refractivity contribution is -0.683. The van der Waals surface area contributed by atoms with E-state index in [0.29, 0.717) is 5.75 Å². The van der Waals surface area contributed by atoms with Gasteiger partial charge in [0.1, 0.15) is 0 Å². The van der Waals surface area contributed by atoms with Crippen molar-refractivity contribution in [1.29, 1.82) is 0 Å². The quantitative estimate of drug-likeness (QED) is 0.294. The van der Waals surface area contributed by atoms with Gasteiger partial charge in [-0.1, -0.05) is 12.1 Å². The number of imidazole rings is 1. The summed E-state index contributed by atoms with van der Waals surface area (Å²) in [5, 5.41) is 4.90. The van der Waals surface area contributed by atoms with E-state index < -0.39 is 0 Å². The van der Waals surface area contributed by atoms with Gasteiger partial charge in [0.05, 0.1) is 22.8 Å². The van der Waals surface area contributed by atoms with Gasteiger partial charge >= 0.3 is 5.16 Å². The molecule has 2 aromatic heterocycles. The van der Waals surface area contributed by atoms with Gasteiger partial charge in [-0.3, -0.25) is 4.79 Å². The van der Waals surface area contributed by atoms with Crippen molar-refractivity contribution in [3.8, 4) is 0 Å².